The fraction of sp³-hybridized carbons (Fsp3) is 0.375. The van der Waals surface area contributed by atoms with E-state index < -0.39 is 0 Å². The molecule has 1 atom stereocenters. The Morgan fingerprint density at radius 3 is 2.45 bits per heavy atom. The van der Waals surface area contributed by atoms with Crippen LogP contribution in [0, 0.1) is 5.92 Å². The molecule has 2 aliphatic rings. The zero-order valence-corrected chi connectivity index (χ0v) is 22.6. The van der Waals surface area contributed by atoms with Crippen LogP contribution in [-0.2, 0) is 22.7 Å². The van der Waals surface area contributed by atoms with Gasteiger partial charge in [-0.05, 0) is 67.8 Å². The Bertz CT molecular complexity index is 1230. The predicted octanol–water partition coefficient (Wildman–Crippen LogP) is 5.00. The average Bonchev–Trinajstić information content (AvgIpc) is 3.74. The smallest absolute Gasteiger partial charge is 0.227 e. The second kappa shape index (κ2) is 13.8. The van der Waals surface area contributed by atoms with Crippen LogP contribution in [0.2, 0.25) is 0 Å². The van der Waals surface area contributed by atoms with Crippen molar-refractivity contribution in [1.82, 2.24) is 19.7 Å². The number of carbonyl (C=O) groups excluding carboxylic acids is 2. The van der Waals surface area contributed by atoms with Crippen molar-refractivity contribution in [3.63, 3.8) is 0 Å². The number of amides is 1. The molecule has 0 bridgehead atoms. The van der Waals surface area contributed by atoms with Gasteiger partial charge < -0.3 is 19.7 Å². The second-order valence-corrected chi connectivity index (χ2v) is 10.4. The average molecular weight is 513 g/mol. The third kappa shape index (κ3) is 7.68. The zero-order chi connectivity index (χ0) is 26.7. The van der Waals surface area contributed by atoms with Gasteiger partial charge in [-0.2, -0.15) is 0 Å². The molecule has 5 rings (SSSR count). The summed E-state index contributed by atoms with van der Waals surface area (Å²) < 4.78 is 2.33. The molecule has 3 aromatic rings. The van der Waals surface area contributed by atoms with Crippen LogP contribution in [0.4, 0.5) is 0 Å². The normalized spacial score (nSPS) is 17.4. The minimum absolute atomic E-state index is 0.141. The van der Waals surface area contributed by atoms with E-state index in [2.05, 4.69) is 75.6 Å². The standard InChI is InChI=1S/C25H29N3O.C7H11NO/c29-25(20-9-6-14-26-15-20)28(22-12-13-22)18-21-17-27(16-19-7-2-1-3-8-19)24-11-5-4-10-23(21)24;1-8(2)6-4-3-5-7-9/h1-5,7-8,10-11,17,20,22,26H,6,9,12-16,18H2;3-7H,1-2H3/b;5-3-,6-4-. The van der Waals surface area contributed by atoms with Gasteiger partial charge in [0.2, 0.25) is 5.91 Å². The Kier molecular flexibility index (Phi) is 9.93. The number of nitrogens with one attached hydrogen (secondary N) is 1. The highest BCUT2D eigenvalue weighted by molar-refractivity contribution is 5.85. The first-order valence-corrected chi connectivity index (χ1v) is 13.6. The van der Waals surface area contributed by atoms with E-state index in [1.54, 1.807) is 12.2 Å². The summed E-state index contributed by atoms with van der Waals surface area (Å²) in [7, 11) is 3.84. The van der Waals surface area contributed by atoms with E-state index in [-0.39, 0.29) is 5.92 Å². The van der Waals surface area contributed by atoms with Crippen molar-refractivity contribution in [2.45, 2.75) is 44.8 Å². The number of aldehydes is 1. The summed E-state index contributed by atoms with van der Waals surface area (Å²) >= 11 is 0. The molecule has 1 N–H and O–H groups in total. The van der Waals surface area contributed by atoms with Gasteiger partial charge in [-0.15, -0.1) is 0 Å². The van der Waals surface area contributed by atoms with Gasteiger partial charge in [-0.25, -0.2) is 0 Å². The van der Waals surface area contributed by atoms with E-state index in [1.165, 1.54) is 28.1 Å². The lowest BCUT2D eigenvalue weighted by atomic mass is 9.97. The van der Waals surface area contributed by atoms with Crippen LogP contribution < -0.4 is 5.32 Å². The molecule has 0 spiro atoms. The molecule has 1 amide bonds. The molecular weight excluding hydrogens is 472 g/mol. The van der Waals surface area contributed by atoms with Crippen LogP contribution in [-0.4, -0.2) is 59.8 Å². The van der Waals surface area contributed by atoms with Crippen LogP contribution >= 0.6 is 0 Å². The molecule has 1 saturated heterocycles. The maximum absolute atomic E-state index is 13.3. The molecule has 2 fully saturated rings. The number of rotatable bonds is 9. The molecule has 0 radical (unpaired) electrons. The monoisotopic (exact) mass is 512 g/mol. The van der Waals surface area contributed by atoms with Crippen molar-refractivity contribution in [3.8, 4) is 0 Å². The van der Waals surface area contributed by atoms with Crippen LogP contribution in [0.1, 0.15) is 36.8 Å². The molecule has 1 unspecified atom stereocenters. The molecule has 2 aromatic carbocycles. The SMILES string of the molecule is CN(C)/C=C\C=C/C=O.O=C(C1CCCNC1)N(Cc1cn(Cc2ccccc2)c2ccccc12)C1CC1. The minimum atomic E-state index is 0.141. The summed E-state index contributed by atoms with van der Waals surface area (Å²) in [5.74, 6) is 0.488. The Labute approximate surface area is 226 Å². The van der Waals surface area contributed by atoms with Gasteiger partial charge in [-0.3, -0.25) is 9.59 Å². The number of allylic oxidation sites excluding steroid dienone is 3. The fourth-order valence-corrected chi connectivity index (χ4v) is 4.94. The van der Waals surface area contributed by atoms with Crippen LogP contribution in [0.25, 0.3) is 10.9 Å². The molecule has 1 saturated carbocycles. The second-order valence-electron chi connectivity index (χ2n) is 10.4. The third-order valence-electron chi connectivity index (χ3n) is 7.01. The van der Waals surface area contributed by atoms with Crippen molar-refractivity contribution >= 4 is 23.1 Å². The maximum Gasteiger partial charge on any atom is 0.227 e. The van der Waals surface area contributed by atoms with E-state index in [0.29, 0.717) is 11.9 Å². The highest BCUT2D eigenvalue weighted by atomic mass is 16.2. The Hall–Kier alpha value is -3.64. The zero-order valence-electron chi connectivity index (χ0n) is 22.6. The number of hydrogen-bond donors (Lipinski definition) is 1. The van der Waals surface area contributed by atoms with Gasteiger partial charge >= 0.3 is 0 Å². The number of fused-ring (bicyclic) bond motifs is 1. The number of hydrogen-bond acceptors (Lipinski definition) is 4. The van der Waals surface area contributed by atoms with Gasteiger partial charge in [0.1, 0.15) is 6.29 Å². The highest BCUT2D eigenvalue weighted by Crippen LogP contribution is 2.33. The first-order valence-electron chi connectivity index (χ1n) is 13.6. The number of piperidine rings is 1. The lowest BCUT2D eigenvalue weighted by Crippen LogP contribution is -2.43. The molecule has 200 valence electrons. The Morgan fingerprint density at radius 2 is 1.76 bits per heavy atom. The van der Waals surface area contributed by atoms with E-state index >= 15 is 0 Å². The molecule has 1 aromatic heterocycles. The van der Waals surface area contributed by atoms with Crippen molar-refractivity contribution in [3.05, 3.63) is 96.3 Å². The number of para-hydroxylation sites is 1. The summed E-state index contributed by atoms with van der Waals surface area (Å²) in [5.41, 5.74) is 3.80. The quantitative estimate of drug-likeness (QED) is 0.249. The first kappa shape index (κ1) is 27.4. The Balaban J connectivity index is 0.000000323. The number of carbonyl (C=O) groups is 2. The molecule has 6 nitrogen and oxygen atoms in total. The molecule has 1 aliphatic heterocycles. The van der Waals surface area contributed by atoms with Crippen molar-refractivity contribution in [2.24, 2.45) is 5.92 Å². The van der Waals surface area contributed by atoms with Gasteiger partial charge in [0.05, 0.1) is 5.92 Å². The fourth-order valence-electron chi connectivity index (χ4n) is 4.94. The topological polar surface area (TPSA) is 57.6 Å². The highest BCUT2D eigenvalue weighted by Gasteiger charge is 2.36. The Morgan fingerprint density at radius 1 is 1.00 bits per heavy atom. The van der Waals surface area contributed by atoms with Crippen molar-refractivity contribution < 1.29 is 9.59 Å². The van der Waals surface area contributed by atoms with Gasteiger partial charge in [0.25, 0.3) is 0 Å². The lowest BCUT2D eigenvalue weighted by molar-refractivity contribution is -0.137. The van der Waals surface area contributed by atoms with Gasteiger partial charge in [0.15, 0.2) is 0 Å². The molecule has 2 heterocycles. The van der Waals surface area contributed by atoms with E-state index in [1.807, 2.05) is 25.2 Å². The third-order valence-corrected chi connectivity index (χ3v) is 7.01. The summed E-state index contributed by atoms with van der Waals surface area (Å²) in [6.45, 7) is 3.45. The minimum Gasteiger partial charge on any atom is -0.383 e. The number of benzene rings is 2. The van der Waals surface area contributed by atoms with E-state index in [4.69, 9.17) is 0 Å². The van der Waals surface area contributed by atoms with Gasteiger partial charge in [0, 0.05) is 56.9 Å². The molecular formula is C32H40N4O2. The summed E-state index contributed by atoms with van der Waals surface area (Å²) in [6.07, 6.45) is 14.2. The number of aromatic nitrogens is 1. The van der Waals surface area contributed by atoms with Crippen molar-refractivity contribution in [1.29, 1.82) is 0 Å². The largest absolute Gasteiger partial charge is 0.383 e. The first-order chi connectivity index (χ1) is 18.6. The molecule has 1 aliphatic carbocycles. The summed E-state index contributed by atoms with van der Waals surface area (Å²) in [6, 6.07) is 19.6. The number of nitrogens with zero attached hydrogens (tertiary/aromatic N) is 3. The summed E-state index contributed by atoms with van der Waals surface area (Å²) in [4.78, 5) is 27.1. The lowest BCUT2D eigenvalue weighted by Gasteiger charge is -2.29. The van der Waals surface area contributed by atoms with Crippen LogP contribution in [0.15, 0.2) is 85.2 Å². The van der Waals surface area contributed by atoms with E-state index in [9.17, 15) is 9.59 Å². The molecule has 38 heavy (non-hydrogen) atoms. The van der Waals surface area contributed by atoms with E-state index in [0.717, 1.165) is 58.1 Å². The van der Waals surface area contributed by atoms with Gasteiger partial charge in [-0.1, -0.05) is 54.6 Å². The van der Waals surface area contributed by atoms with Crippen LogP contribution in [0.5, 0.6) is 0 Å². The summed E-state index contributed by atoms with van der Waals surface area (Å²) in [5, 5.41) is 4.67. The molecule has 6 heteroatoms. The van der Waals surface area contributed by atoms with Crippen molar-refractivity contribution in [2.75, 3.05) is 27.2 Å². The predicted molar refractivity (Wildman–Crippen MR) is 155 cm³/mol. The van der Waals surface area contributed by atoms with Crippen LogP contribution in [0.3, 0.4) is 0 Å². The maximum atomic E-state index is 13.3.